The van der Waals surface area contributed by atoms with Crippen molar-refractivity contribution in [3.05, 3.63) is 77.9 Å². The number of carbonyl (C=O) groups excluding carboxylic acids is 1. The van der Waals surface area contributed by atoms with Gasteiger partial charge in [0.25, 0.3) is 5.69 Å². The van der Waals surface area contributed by atoms with Crippen molar-refractivity contribution in [3.63, 3.8) is 0 Å². The number of non-ortho nitro benzene ring substituents is 1. The van der Waals surface area contributed by atoms with Gasteiger partial charge in [-0.15, -0.1) is 0 Å². The van der Waals surface area contributed by atoms with E-state index < -0.39 is 22.7 Å². The first-order chi connectivity index (χ1) is 15.8. The molecule has 5 rings (SSSR count). The third-order valence-electron chi connectivity index (χ3n) is 5.88. The van der Waals surface area contributed by atoms with Crippen LogP contribution in [0.4, 0.5) is 10.5 Å². The van der Waals surface area contributed by atoms with Crippen molar-refractivity contribution in [3.8, 4) is 23.4 Å². The van der Waals surface area contributed by atoms with E-state index in [0.29, 0.717) is 26.9 Å². The van der Waals surface area contributed by atoms with Crippen molar-refractivity contribution in [1.29, 1.82) is 5.26 Å². The number of amides is 1. The maximum Gasteiger partial charge on any atom is 0.415 e. The second kappa shape index (κ2) is 7.62. The van der Waals surface area contributed by atoms with Gasteiger partial charge in [0.05, 0.1) is 28.3 Å². The molecule has 0 aliphatic carbocycles. The van der Waals surface area contributed by atoms with Crippen molar-refractivity contribution in [2.75, 3.05) is 6.54 Å². The number of fused-ring (bicyclic) bond motifs is 5. The normalized spacial score (nSPS) is 18.1. The molecule has 1 saturated heterocycles. The number of nitrogens with zero attached hydrogens (tertiary/aromatic N) is 5. The summed E-state index contributed by atoms with van der Waals surface area (Å²) in [6, 6.07) is 11.1. The van der Waals surface area contributed by atoms with Gasteiger partial charge in [-0.05, 0) is 59.3 Å². The van der Waals surface area contributed by atoms with Crippen LogP contribution in [-0.4, -0.2) is 36.7 Å². The molecular formula is C21H14IN5O6. The molecule has 0 radical (unpaired) electrons. The van der Waals surface area contributed by atoms with Crippen LogP contribution >= 0.6 is 22.6 Å². The van der Waals surface area contributed by atoms with E-state index in [9.17, 15) is 24.8 Å². The molecule has 1 N–H and O–H groups in total. The summed E-state index contributed by atoms with van der Waals surface area (Å²) >= 11 is 1.99. The first-order valence-electron chi connectivity index (χ1n) is 9.79. The lowest BCUT2D eigenvalue weighted by molar-refractivity contribution is -0.384. The monoisotopic (exact) mass is 559 g/mol. The number of halogens is 1. The highest BCUT2D eigenvalue weighted by atomic mass is 127. The molecule has 3 heterocycles. The minimum absolute atomic E-state index is 0.122. The number of aromatic hydroxyl groups is 1. The number of rotatable bonds is 3. The molecule has 1 fully saturated rings. The average molecular weight is 559 g/mol. The van der Waals surface area contributed by atoms with Gasteiger partial charge in [0, 0.05) is 22.2 Å². The van der Waals surface area contributed by atoms with E-state index in [1.165, 1.54) is 38.3 Å². The fourth-order valence-electron chi connectivity index (χ4n) is 4.41. The molecule has 166 valence electrons. The van der Waals surface area contributed by atoms with Crippen LogP contribution in [0.5, 0.6) is 11.6 Å². The van der Waals surface area contributed by atoms with Crippen molar-refractivity contribution in [2.24, 2.45) is 0 Å². The van der Waals surface area contributed by atoms with Gasteiger partial charge in [0.1, 0.15) is 17.5 Å². The quantitative estimate of drug-likeness (QED) is 0.295. The second-order valence-electron chi connectivity index (χ2n) is 7.65. The van der Waals surface area contributed by atoms with Gasteiger partial charge in [0.15, 0.2) is 0 Å². The zero-order chi connectivity index (χ0) is 23.4. The Kier molecular flexibility index (Phi) is 4.85. The second-order valence-corrected chi connectivity index (χ2v) is 8.81. The van der Waals surface area contributed by atoms with Crippen LogP contribution in [0.25, 0.3) is 5.69 Å². The third-order valence-corrected chi connectivity index (χ3v) is 6.77. The SMILES string of the molecule is N#Cc1ccc(-n2c(O)c3n(c2=O)[C@H]2C[C@@H]3N(C(=O)Oc3ccc([N+](=O)[O-])cc3)C2)cc1I. The lowest BCUT2D eigenvalue weighted by Gasteiger charge is -2.26. The Morgan fingerprint density at radius 3 is 2.64 bits per heavy atom. The number of hydrogen-bond acceptors (Lipinski definition) is 7. The van der Waals surface area contributed by atoms with Crippen LogP contribution in [0, 0.1) is 25.0 Å². The Bertz CT molecular complexity index is 1420. The minimum Gasteiger partial charge on any atom is -0.493 e. The highest BCUT2D eigenvalue weighted by Crippen LogP contribution is 2.48. The zero-order valence-corrected chi connectivity index (χ0v) is 18.9. The van der Waals surface area contributed by atoms with Crippen LogP contribution in [0.3, 0.4) is 0 Å². The van der Waals surface area contributed by atoms with Crippen molar-refractivity contribution < 1.29 is 19.6 Å². The number of nitro groups is 1. The standard InChI is InChI=1S/C21H14IN5O6/c22-16-7-13(2-1-11(16)9-23)26-19(28)18-17-8-14(25(18)20(26)29)10-24(17)21(30)33-15-5-3-12(4-6-15)27(31)32/h1-7,14,17,28H,8,10H2/t14-,17-/m0/s1. The Morgan fingerprint density at radius 2 is 2.00 bits per heavy atom. The number of imidazole rings is 1. The van der Waals surface area contributed by atoms with Crippen molar-refractivity contribution in [1.82, 2.24) is 14.0 Å². The van der Waals surface area contributed by atoms with Gasteiger partial charge in [-0.2, -0.15) is 5.26 Å². The van der Waals surface area contributed by atoms with E-state index in [0.717, 1.165) is 0 Å². The summed E-state index contributed by atoms with van der Waals surface area (Å²) in [7, 11) is 0. The molecule has 11 nitrogen and oxygen atoms in total. The lowest BCUT2D eigenvalue weighted by atomic mass is 10.2. The number of carbonyl (C=O) groups is 1. The number of ether oxygens (including phenoxy) is 1. The summed E-state index contributed by atoms with van der Waals surface area (Å²) in [5.74, 6) is -0.111. The van der Waals surface area contributed by atoms with Crippen LogP contribution in [0.1, 0.15) is 29.8 Å². The number of aromatic nitrogens is 2. The van der Waals surface area contributed by atoms with Crippen LogP contribution in [-0.2, 0) is 0 Å². The fourth-order valence-corrected chi connectivity index (χ4v) is 5.03. The lowest BCUT2D eigenvalue weighted by Crippen LogP contribution is -2.39. The number of benzene rings is 2. The molecule has 1 aromatic heterocycles. The largest absolute Gasteiger partial charge is 0.493 e. The first-order valence-corrected chi connectivity index (χ1v) is 10.9. The molecule has 2 aromatic carbocycles. The van der Waals surface area contributed by atoms with Gasteiger partial charge in [0.2, 0.25) is 5.88 Å². The van der Waals surface area contributed by atoms with Gasteiger partial charge in [-0.3, -0.25) is 19.6 Å². The van der Waals surface area contributed by atoms with E-state index in [-0.39, 0.29) is 29.9 Å². The smallest absolute Gasteiger partial charge is 0.415 e. The summed E-state index contributed by atoms with van der Waals surface area (Å²) in [4.78, 5) is 37.6. The molecule has 2 aliphatic rings. The summed E-state index contributed by atoms with van der Waals surface area (Å²) in [5, 5.41) is 30.8. The zero-order valence-electron chi connectivity index (χ0n) is 16.7. The van der Waals surface area contributed by atoms with E-state index in [1.54, 1.807) is 18.2 Å². The molecule has 1 amide bonds. The maximum absolute atomic E-state index is 13.1. The molecule has 33 heavy (non-hydrogen) atoms. The molecule has 0 saturated carbocycles. The third kappa shape index (κ3) is 3.23. The van der Waals surface area contributed by atoms with Crippen molar-refractivity contribution >= 4 is 34.4 Å². The molecule has 2 atom stereocenters. The molecule has 0 unspecified atom stereocenters. The summed E-state index contributed by atoms with van der Waals surface area (Å²) in [6.45, 7) is 0.234. The maximum atomic E-state index is 13.1. The van der Waals surface area contributed by atoms with Gasteiger partial charge >= 0.3 is 11.8 Å². The average Bonchev–Trinajstić information content (AvgIpc) is 3.45. The molecule has 12 heteroatoms. The highest BCUT2D eigenvalue weighted by molar-refractivity contribution is 14.1. The summed E-state index contributed by atoms with van der Waals surface area (Å²) in [5.41, 5.74) is 0.666. The summed E-state index contributed by atoms with van der Waals surface area (Å²) < 4.78 is 8.67. The Morgan fingerprint density at radius 1 is 1.27 bits per heavy atom. The van der Waals surface area contributed by atoms with Crippen LogP contribution in [0.2, 0.25) is 0 Å². The van der Waals surface area contributed by atoms with Gasteiger partial charge < -0.3 is 9.84 Å². The molecule has 3 aromatic rings. The van der Waals surface area contributed by atoms with Crippen LogP contribution < -0.4 is 10.4 Å². The topological polar surface area (TPSA) is 144 Å². The van der Waals surface area contributed by atoms with Crippen LogP contribution in [0.15, 0.2) is 47.3 Å². The van der Waals surface area contributed by atoms with Gasteiger partial charge in [-0.25, -0.2) is 14.2 Å². The van der Waals surface area contributed by atoms with E-state index >= 15 is 0 Å². The summed E-state index contributed by atoms with van der Waals surface area (Å²) in [6.07, 6.45) is -0.200. The number of hydrogen-bond donors (Lipinski definition) is 1. The fraction of sp³-hybridized carbons (Fsp3) is 0.190. The van der Waals surface area contributed by atoms with E-state index in [4.69, 9.17) is 10.00 Å². The van der Waals surface area contributed by atoms with E-state index in [2.05, 4.69) is 6.07 Å². The minimum atomic E-state index is -0.671. The van der Waals surface area contributed by atoms with Crippen molar-refractivity contribution in [2.45, 2.75) is 18.5 Å². The predicted molar refractivity (Wildman–Crippen MR) is 121 cm³/mol. The van der Waals surface area contributed by atoms with Gasteiger partial charge in [-0.1, -0.05) is 0 Å². The Labute approximate surface area is 199 Å². The van der Waals surface area contributed by atoms with E-state index in [1.807, 2.05) is 22.6 Å². The first kappa shape index (κ1) is 21.0. The number of nitro benzene ring substituents is 1. The predicted octanol–water partition coefficient (Wildman–Crippen LogP) is 3.23. The molecule has 2 bridgehead atoms. The highest BCUT2D eigenvalue weighted by Gasteiger charge is 2.49. The number of likely N-dealkylation sites (tertiary alicyclic amines) is 1. The molecule has 2 aliphatic heterocycles. The number of nitriles is 1. The Hall–Kier alpha value is -3.86. The molecule has 0 spiro atoms. The molecular weight excluding hydrogens is 545 g/mol. The Balaban J connectivity index is 1.44.